The van der Waals surface area contributed by atoms with Gasteiger partial charge in [-0.25, -0.2) is 9.18 Å². The highest BCUT2D eigenvalue weighted by Crippen LogP contribution is 2.33. The Balaban J connectivity index is 2.12. The Hall–Kier alpha value is -2.02. The van der Waals surface area contributed by atoms with Crippen LogP contribution in [0.25, 0.3) is 10.7 Å². The minimum Gasteiger partial charge on any atom is -0.683 e. The topological polar surface area (TPSA) is 51.5 Å². The van der Waals surface area contributed by atoms with E-state index in [1.54, 1.807) is 18.0 Å². The van der Waals surface area contributed by atoms with Crippen molar-refractivity contribution in [2.24, 2.45) is 0 Å². The highest BCUT2D eigenvalue weighted by Gasteiger charge is 2.23. The lowest BCUT2D eigenvalue weighted by Crippen LogP contribution is -2.19. The van der Waals surface area contributed by atoms with Crippen molar-refractivity contribution in [3.63, 3.8) is 0 Å². The molecule has 0 bridgehead atoms. The number of carbonyl (C=O) groups excluding carboxylic acids is 1. The molecule has 1 amide bonds. The van der Waals surface area contributed by atoms with Crippen LogP contribution in [0.2, 0.25) is 0 Å². The Kier molecular flexibility index (Phi) is 4.85. The third-order valence-corrected chi connectivity index (χ3v) is 3.53. The van der Waals surface area contributed by atoms with Crippen LogP contribution in [0.15, 0.2) is 48.0 Å². The van der Waals surface area contributed by atoms with E-state index in [4.69, 9.17) is 0 Å². The van der Waals surface area contributed by atoms with Gasteiger partial charge in [0.15, 0.2) is 0 Å². The molecule has 0 radical (unpaired) electrons. The number of hydrogen-bond acceptors (Lipinski definition) is 3. The average molecular weight is 307 g/mol. The van der Waals surface area contributed by atoms with Crippen molar-refractivity contribution in [1.82, 2.24) is 5.01 Å². The molecule has 21 heavy (non-hydrogen) atoms. The summed E-state index contributed by atoms with van der Waals surface area (Å²) in [7, 11) is 0. The van der Waals surface area contributed by atoms with E-state index in [1.165, 1.54) is 21.9 Å². The standard InChI is InChI=1S/C14H16FN4OS/c1-10-13(18(2)14(20)4-5-21-3)9-19(17-10)12-6-11(15)7-16-8-12/h6,8-9H,1-2,4-5,7H2,3H3/q-1. The number of amides is 1. The normalized spacial score (nSPS) is 17.5. The maximum absolute atomic E-state index is 13.2. The lowest BCUT2D eigenvalue weighted by atomic mass is 10.3. The molecular formula is C14H16FN4OS-. The number of hydrogen-bond donors (Lipinski definition) is 0. The second-order valence-electron chi connectivity index (χ2n) is 4.46. The molecule has 0 spiro atoms. The van der Waals surface area contributed by atoms with Crippen molar-refractivity contribution in [3.8, 4) is 0 Å². The number of carbonyl (C=O) groups is 1. The lowest BCUT2D eigenvalue weighted by molar-refractivity contribution is -0.388. The van der Waals surface area contributed by atoms with Gasteiger partial charge in [0.1, 0.15) is 6.72 Å². The second-order valence-corrected chi connectivity index (χ2v) is 5.44. The van der Waals surface area contributed by atoms with Gasteiger partial charge in [0.25, 0.3) is 0 Å². The van der Waals surface area contributed by atoms with Crippen molar-refractivity contribution >= 4 is 24.4 Å². The number of allylic oxidation sites excluding steroid dienone is 1. The van der Waals surface area contributed by atoms with E-state index in [9.17, 15) is 9.18 Å². The molecule has 0 atom stereocenters. The Morgan fingerprint density at radius 2 is 2.38 bits per heavy atom. The van der Waals surface area contributed by atoms with Gasteiger partial charge in [-0.3, -0.25) is 0 Å². The van der Waals surface area contributed by atoms with Gasteiger partial charge < -0.3 is 15.8 Å². The van der Waals surface area contributed by atoms with Gasteiger partial charge in [-0.2, -0.15) is 18.0 Å². The summed E-state index contributed by atoms with van der Waals surface area (Å²) in [5.74, 6) is 0.277. The minimum atomic E-state index is -0.335. The molecule has 2 rings (SSSR count). The predicted molar refractivity (Wildman–Crippen MR) is 83.3 cm³/mol. The van der Waals surface area contributed by atoms with E-state index >= 15 is 0 Å². The van der Waals surface area contributed by atoms with Crippen LogP contribution in [0.3, 0.4) is 0 Å². The first-order valence-corrected chi connectivity index (χ1v) is 7.69. The summed E-state index contributed by atoms with van der Waals surface area (Å²) in [6.07, 6.45) is 6.81. The Morgan fingerprint density at radius 1 is 1.62 bits per heavy atom. The number of nitrogens with zero attached hydrogens (tertiary/aromatic N) is 4. The molecule has 112 valence electrons. The summed E-state index contributed by atoms with van der Waals surface area (Å²) in [5.41, 5.74) is 5.57. The largest absolute Gasteiger partial charge is 0.683 e. The van der Waals surface area contributed by atoms with Gasteiger partial charge in [0.2, 0.25) is 5.70 Å². The Morgan fingerprint density at radius 3 is 3.05 bits per heavy atom. The molecule has 0 saturated carbocycles. The highest BCUT2D eigenvalue weighted by atomic mass is 32.2. The van der Waals surface area contributed by atoms with Crippen LogP contribution in [-0.4, -0.2) is 40.8 Å². The molecule has 0 N–H and O–H groups in total. The van der Waals surface area contributed by atoms with Gasteiger partial charge in [-0.1, -0.05) is 12.2 Å². The van der Waals surface area contributed by atoms with Gasteiger partial charge in [0.05, 0.1) is 18.4 Å². The van der Waals surface area contributed by atoms with E-state index in [0.717, 1.165) is 5.75 Å². The summed E-state index contributed by atoms with van der Waals surface area (Å²) in [5, 5.41) is 5.33. The van der Waals surface area contributed by atoms with Crippen LogP contribution in [-0.2, 0) is 4.79 Å². The molecule has 2 aliphatic rings. The molecule has 0 aromatic carbocycles. The zero-order valence-corrected chi connectivity index (χ0v) is 12.6. The summed E-state index contributed by atoms with van der Waals surface area (Å²) in [6.45, 7) is 7.58. The molecule has 0 fully saturated rings. The van der Waals surface area contributed by atoms with Crippen molar-refractivity contribution in [3.05, 3.63) is 58.7 Å². The molecule has 7 heteroatoms. The Labute approximate surface area is 127 Å². The first-order valence-electron chi connectivity index (χ1n) is 6.30. The van der Waals surface area contributed by atoms with Gasteiger partial charge in [-0.15, -0.1) is 11.2 Å². The molecule has 0 aromatic rings. The monoisotopic (exact) mass is 307 g/mol. The SMILES string of the molecule is C=C1[N-]N(C2=C[N-]CC(F)=C2)C=C1[N+](=C)C(=O)CCSC. The smallest absolute Gasteiger partial charge is 0.392 e. The van der Waals surface area contributed by atoms with Gasteiger partial charge in [-0.05, 0) is 12.3 Å². The van der Waals surface area contributed by atoms with Crippen LogP contribution in [0.1, 0.15) is 6.42 Å². The zero-order chi connectivity index (χ0) is 15.4. The van der Waals surface area contributed by atoms with E-state index in [-0.39, 0.29) is 18.3 Å². The van der Waals surface area contributed by atoms with Gasteiger partial charge in [0, 0.05) is 11.4 Å². The second kappa shape index (κ2) is 6.62. The van der Waals surface area contributed by atoms with Crippen LogP contribution < -0.4 is 0 Å². The maximum atomic E-state index is 13.2. The molecule has 0 saturated heterocycles. The van der Waals surface area contributed by atoms with Crippen LogP contribution in [0.4, 0.5) is 4.39 Å². The zero-order valence-electron chi connectivity index (χ0n) is 11.8. The van der Waals surface area contributed by atoms with Crippen molar-refractivity contribution in [2.45, 2.75) is 6.42 Å². The summed E-state index contributed by atoms with van der Waals surface area (Å²) in [6, 6.07) is 0. The lowest BCUT2D eigenvalue weighted by Gasteiger charge is -2.35. The fourth-order valence-electron chi connectivity index (χ4n) is 1.81. The maximum Gasteiger partial charge on any atom is 0.392 e. The van der Waals surface area contributed by atoms with Crippen LogP contribution in [0.5, 0.6) is 0 Å². The molecule has 2 aliphatic heterocycles. The first kappa shape index (κ1) is 15.4. The van der Waals surface area contributed by atoms with Gasteiger partial charge >= 0.3 is 5.91 Å². The third kappa shape index (κ3) is 3.55. The number of halogens is 1. The fraction of sp³-hybridized carbons (Fsp3) is 0.286. The predicted octanol–water partition coefficient (Wildman–Crippen LogP) is 3.02. The molecular weight excluding hydrogens is 291 g/mol. The Bertz CT molecular complexity index is 580. The van der Waals surface area contributed by atoms with Crippen molar-refractivity contribution < 1.29 is 13.8 Å². The van der Waals surface area contributed by atoms with E-state index in [0.29, 0.717) is 23.5 Å². The summed E-state index contributed by atoms with van der Waals surface area (Å²) >= 11 is 1.59. The van der Waals surface area contributed by atoms with E-state index in [1.807, 2.05) is 6.26 Å². The molecule has 0 unspecified atom stereocenters. The highest BCUT2D eigenvalue weighted by molar-refractivity contribution is 7.98. The van der Waals surface area contributed by atoms with Crippen LogP contribution >= 0.6 is 11.8 Å². The first-order chi connectivity index (χ1) is 10.0. The average Bonchev–Trinajstić information content (AvgIpc) is 2.86. The fourth-order valence-corrected chi connectivity index (χ4v) is 2.19. The van der Waals surface area contributed by atoms with E-state index in [2.05, 4.69) is 24.0 Å². The number of rotatable bonds is 5. The number of thioether (sulfide) groups is 1. The van der Waals surface area contributed by atoms with Crippen LogP contribution in [0, 0.1) is 0 Å². The van der Waals surface area contributed by atoms with E-state index < -0.39 is 0 Å². The molecule has 2 heterocycles. The molecule has 0 aliphatic carbocycles. The minimum absolute atomic E-state index is 0.0451. The van der Waals surface area contributed by atoms with Crippen molar-refractivity contribution in [2.75, 3.05) is 18.6 Å². The molecule has 5 nitrogen and oxygen atoms in total. The third-order valence-electron chi connectivity index (χ3n) is 2.92. The summed E-state index contributed by atoms with van der Waals surface area (Å²) < 4.78 is 14.5. The molecule has 0 aromatic heterocycles. The summed E-state index contributed by atoms with van der Waals surface area (Å²) in [4.78, 5) is 12.0. The quantitative estimate of drug-likeness (QED) is 0.579. The van der Waals surface area contributed by atoms with Crippen molar-refractivity contribution in [1.29, 1.82) is 0 Å².